The number of benzene rings is 1. The first-order chi connectivity index (χ1) is 7.85. The van der Waals surface area contributed by atoms with E-state index in [9.17, 15) is 8.42 Å². The molecule has 0 aliphatic heterocycles. The van der Waals surface area contributed by atoms with E-state index in [0.717, 1.165) is 28.3 Å². The number of rotatable bonds is 3. The third-order valence-electron chi connectivity index (χ3n) is 2.47. The topological polar surface area (TPSA) is 64.0 Å². The molecule has 0 bridgehead atoms. The van der Waals surface area contributed by atoms with E-state index in [0.29, 0.717) is 0 Å². The van der Waals surface area contributed by atoms with Gasteiger partial charge in [0.15, 0.2) is 0 Å². The molecule has 1 heterocycles. The average molecular weight is 253 g/mol. The SMILES string of the molecule is Cc1cc(CNS(C)(=O)=O)c2nn(C)cc2c1. The second kappa shape index (κ2) is 4.12. The van der Waals surface area contributed by atoms with E-state index < -0.39 is 10.0 Å². The van der Waals surface area contributed by atoms with Crippen LogP contribution in [0.2, 0.25) is 0 Å². The predicted octanol–water partition coefficient (Wildman–Crippen LogP) is 0.931. The number of fused-ring (bicyclic) bond motifs is 1. The van der Waals surface area contributed by atoms with Crippen LogP contribution in [0.4, 0.5) is 0 Å². The summed E-state index contributed by atoms with van der Waals surface area (Å²) in [6, 6.07) is 3.99. The maximum Gasteiger partial charge on any atom is 0.209 e. The molecule has 0 radical (unpaired) electrons. The molecule has 0 saturated carbocycles. The molecule has 1 aromatic heterocycles. The van der Waals surface area contributed by atoms with Crippen molar-refractivity contribution in [1.82, 2.24) is 14.5 Å². The van der Waals surface area contributed by atoms with Crippen molar-refractivity contribution >= 4 is 20.9 Å². The minimum Gasteiger partial charge on any atom is -0.275 e. The lowest BCUT2D eigenvalue weighted by Gasteiger charge is -2.04. The highest BCUT2D eigenvalue weighted by Crippen LogP contribution is 2.19. The number of aromatic nitrogens is 2. The van der Waals surface area contributed by atoms with Crippen molar-refractivity contribution in [2.75, 3.05) is 6.26 Å². The lowest BCUT2D eigenvalue weighted by Crippen LogP contribution is -2.21. The first-order valence-electron chi connectivity index (χ1n) is 5.23. The first-order valence-corrected chi connectivity index (χ1v) is 7.12. The Bertz CT molecular complexity index is 659. The maximum atomic E-state index is 11.1. The molecular weight excluding hydrogens is 238 g/mol. The quantitative estimate of drug-likeness (QED) is 0.885. The molecule has 0 spiro atoms. The Hall–Kier alpha value is -1.40. The third-order valence-corrected chi connectivity index (χ3v) is 3.14. The van der Waals surface area contributed by atoms with E-state index in [1.54, 1.807) is 4.68 Å². The van der Waals surface area contributed by atoms with Gasteiger partial charge in [-0.1, -0.05) is 11.6 Å². The fourth-order valence-corrected chi connectivity index (χ4v) is 2.25. The van der Waals surface area contributed by atoms with Crippen LogP contribution in [0.25, 0.3) is 10.9 Å². The second-order valence-electron chi connectivity index (χ2n) is 4.26. The van der Waals surface area contributed by atoms with Crippen LogP contribution in [0.3, 0.4) is 0 Å². The molecule has 5 nitrogen and oxygen atoms in total. The van der Waals surface area contributed by atoms with Gasteiger partial charge in [0.1, 0.15) is 0 Å². The number of hydrogen-bond donors (Lipinski definition) is 1. The zero-order valence-electron chi connectivity index (χ0n) is 10.1. The molecule has 0 saturated heterocycles. The highest BCUT2D eigenvalue weighted by molar-refractivity contribution is 7.88. The summed E-state index contributed by atoms with van der Waals surface area (Å²) < 4.78 is 26.4. The summed E-state index contributed by atoms with van der Waals surface area (Å²) in [5.74, 6) is 0. The number of hydrogen-bond acceptors (Lipinski definition) is 3. The first kappa shape index (κ1) is 12.1. The summed E-state index contributed by atoms with van der Waals surface area (Å²) in [7, 11) is -1.33. The Morgan fingerprint density at radius 3 is 2.76 bits per heavy atom. The van der Waals surface area contributed by atoms with Gasteiger partial charge < -0.3 is 0 Å². The Morgan fingerprint density at radius 1 is 1.41 bits per heavy atom. The van der Waals surface area contributed by atoms with Gasteiger partial charge in [-0.05, 0) is 18.6 Å². The summed E-state index contributed by atoms with van der Waals surface area (Å²) in [5.41, 5.74) is 2.83. The molecule has 92 valence electrons. The van der Waals surface area contributed by atoms with Gasteiger partial charge in [-0.2, -0.15) is 5.10 Å². The van der Waals surface area contributed by atoms with Crippen LogP contribution >= 0.6 is 0 Å². The zero-order valence-corrected chi connectivity index (χ0v) is 10.9. The molecule has 0 aliphatic carbocycles. The largest absolute Gasteiger partial charge is 0.275 e. The standard InChI is InChI=1S/C11H15N3O2S/c1-8-4-9(6-12-17(3,15)16)11-10(5-8)7-14(2)13-11/h4-5,7,12H,6H2,1-3H3. The van der Waals surface area contributed by atoms with E-state index in [-0.39, 0.29) is 6.54 Å². The molecule has 1 aromatic carbocycles. The van der Waals surface area contributed by atoms with Gasteiger partial charge >= 0.3 is 0 Å². The molecule has 0 atom stereocenters. The Labute approximate surface area is 100 Å². The predicted molar refractivity (Wildman–Crippen MR) is 67.1 cm³/mol. The molecule has 0 unspecified atom stereocenters. The van der Waals surface area contributed by atoms with Gasteiger partial charge in [-0.3, -0.25) is 4.68 Å². The van der Waals surface area contributed by atoms with Crippen molar-refractivity contribution < 1.29 is 8.42 Å². The molecule has 6 heteroatoms. The molecule has 17 heavy (non-hydrogen) atoms. The molecule has 0 fully saturated rings. The van der Waals surface area contributed by atoms with E-state index in [1.807, 2.05) is 32.3 Å². The van der Waals surface area contributed by atoms with Crippen LogP contribution in [0.15, 0.2) is 18.3 Å². The molecule has 1 N–H and O–H groups in total. The van der Waals surface area contributed by atoms with Gasteiger partial charge in [0.2, 0.25) is 10.0 Å². The Kier molecular flexibility index (Phi) is 2.92. The lowest BCUT2D eigenvalue weighted by molar-refractivity contribution is 0.587. The smallest absolute Gasteiger partial charge is 0.209 e. The molecule has 2 rings (SSSR count). The average Bonchev–Trinajstić information content (AvgIpc) is 2.53. The minimum atomic E-state index is -3.18. The Balaban J connectivity index is 2.45. The van der Waals surface area contributed by atoms with Crippen molar-refractivity contribution in [1.29, 1.82) is 0 Å². The number of nitrogens with zero attached hydrogens (tertiary/aromatic N) is 2. The van der Waals surface area contributed by atoms with Crippen LogP contribution in [-0.4, -0.2) is 24.5 Å². The van der Waals surface area contributed by atoms with Gasteiger partial charge in [-0.15, -0.1) is 0 Å². The molecule has 2 aromatic rings. The number of nitrogens with one attached hydrogen (secondary N) is 1. The van der Waals surface area contributed by atoms with Crippen LogP contribution in [0, 0.1) is 6.92 Å². The maximum absolute atomic E-state index is 11.1. The zero-order chi connectivity index (χ0) is 12.6. The van der Waals surface area contributed by atoms with Crippen molar-refractivity contribution in [2.24, 2.45) is 7.05 Å². The van der Waals surface area contributed by atoms with Gasteiger partial charge in [0, 0.05) is 25.2 Å². The normalized spacial score (nSPS) is 12.2. The fourth-order valence-electron chi connectivity index (χ4n) is 1.84. The van der Waals surface area contributed by atoms with Gasteiger partial charge in [-0.25, -0.2) is 13.1 Å². The Morgan fingerprint density at radius 2 is 2.12 bits per heavy atom. The molecule has 0 aliphatic rings. The summed E-state index contributed by atoms with van der Waals surface area (Å²) >= 11 is 0. The van der Waals surface area contributed by atoms with Crippen molar-refractivity contribution in [3.8, 4) is 0 Å². The number of sulfonamides is 1. The summed E-state index contributed by atoms with van der Waals surface area (Å²) in [6.07, 6.45) is 3.07. The second-order valence-corrected chi connectivity index (χ2v) is 6.09. The third kappa shape index (κ3) is 2.83. The van der Waals surface area contributed by atoms with Crippen molar-refractivity contribution in [3.05, 3.63) is 29.5 Å². The highest BCUT2D eigenvalue weighted by atomic mass is 32.2. The summed E-state index contributed by atoms with van der Waals surface area (Å²) in [6.45, 7) is 2.25. The summed E-state index contributed by atoms with van der Waals surface area (Å²) in [4.78, 5) is 0. The van der Waals surface area contributed by atoms with Crippen LogP contribution in [-0.2, 0) is 23.6 Å². The highest BCUT2D eigenvalue weighted by Gasteiger charge is 2.08. The monoisotopic (exact) mass is 253 g/mol. The van der Waals surface area contributed by atoms with Crippen LogP contribution in [0.1, 0.15) is 11.1 Å². The van der Waals surface area contributed by atoms with Crippen LogP contribution in [0.5, 0.6) is 0 Å². The van der Waals surface area contributed by atoms with Crippen molar-refractivity contribution in [3.63, 3.8) is 0 Å². The molecular formula is C11H15N3O2S. The fraction of sp³-hybridized carbons (Fsp3) is 0.364. The van der Waals surface area contributed by atoms with E-state index in [4.69, 9.17) is 0 Å². The van der Waals surface area contributed by atoms with E-state index in [1.165, 1.54) is 0 Å². The van der Waals surface area contributed by atoms with E-state index in [2.05, 4.69) is 9.82 Å². The van der Waals surface area contributed by atoms with Crippen LogP contribution < -0.4 is 4.72 Å². The van der Waals surface area contributed by atoms with E-state index >= 15 is 0 Å². The summed E-state index contributed by atoms with van der Waals surface area (Å²) in [5, 5.41) is 5.36. The van der Waals surface area contributed by atoms with Gasteiger partial charge in [0.25, 0.3) is 0 Å². The van der Waals surface area contributed by atoms with Gasteiger partial charge in [0.05, 0.1) is 11.8 Å². The lowest BCUT2D eigenvalue weighted by atomic mass is 10.1. The number of aryl methyl sites for hydroxylation is 2. The molecule has 0 amide bonds. The minimum absolute atomic E-state index is 0.272. The van der Waals surface area contributed by atoms with Crippen molar-refractivity contribution in [2.45, 2.75) is 13.5 Å².